The molecule has 1 aromatic heterocycles. The molecule has 24 heavy (non-hydrogen) atoms. The fourth-order valence-corrected chi connectivity index (χ4v) is 2.42. The van der Waals surface area contributed by atoms with Crippen LogP contribution in [0.1, 0.15) is 31.1 Å². The lowest BCUT2D eigenvalue weighted by molar-refractivity contribution is -0.0584. The van der Waals surface area contributed by atoms with Gasteiger partial charge in [0.15, 0.2) is 0 Å². The van der Waals surface area contributed by atoms with Gasteiger partial charge in [0.2, 0.25) is 0 Å². The monoisotopic (exact) mass is 324 g/mol. The first-order valence-corrected chi connectivity index (χ1v) is 6.81. The summed E-state index contributed by atoms with van der Waals surface area (Å²) in [6.45, 7) is 0. The molecule has 118 valence electrons. The lowest BCUT2D eigenvalue weighted by Gasteiger charge is -2.12. The minimum absolute atomic E-state index is 0.0247. The largest absolute Gasteiger partial charge is 0.410 e. The first-order chi connectivity index (χ1) is 11.6. The van der Waals surface area contributed by atoms with Crippen molar-refractivity contribution < 1.29 is 24.4 Å². The summed E-state index contributed by atoms with van der Waals surface area (Å²) in [7, 11) is 0. The van der Waals surface area contributed by atoms with E-state index in [-0.39, 0.29) is 22.2 Å². The highest BCUT2D eigenvalue weighted by Gasteiger charge is 2.38. The number of imide groups is 1. The van der Waals surface area contributed by atoms with Gasteiger partial charge in [-0.15, -0.1) is 5.10 Å². The number of fused-ring (bicyclic) bond motifs is 2. The summed E-state index contributed by atoms with van der Waals surface area (Å²) in [5.74, 6) is -2.34. The van der Waals surface area contributed by atoms with Crippen LogP contribution < -0.4 is 0 Å². The van der Waals surface area contributed by atoms with Crippen molar-refractivity contribution in [3.05, 3.63) is 59.2 Å². The van der Waals surface area contributed by atoms with E-state index >= 15 is 0 Å². The van der Waals surface area contributed by atoms with Crippen LogP contribution >= 0.6 is 0 Å². The molecule has 2 heterocycles. The molecule has 0 unspecified atom stereocenters. The minimum Gasteiger partial charge on any atom is -0.410 e. The summed E-state index contributed by atoms with van der Waals surface area (Å²) in [5.41, 5.74) is 0.921. The lowest BCUT2D eigenvalue weighted by Crippen LogP contribution is -2.32. The Hall–Kier alpha value is -3.75. The Labute approximate surface area is 133 Å². The van der Waals surface area contributed by atoms with E-state index in [2.05, 4.69) is 10.3 Å². The van der Waals surface area contributed by atoms with Crippen molar-refractivity contribution in [2.24, 2.45) is 0 Å². The van der Waals surface area contributed by atoms with E-state index in [9.17, 15) is 19.6 Å². The molecule has 0 fully saturated rings. The van der Waals surface area contributed by atoms with E-state index in [4.69, 9.17) is 4.84 Å². The second kappa shape index (κ2) is 4.88. The minimum atomic E-state index is -0.924. The number of carbonyl (C=O) groups excluding carboxylic acids is 3. The summed E-state index contributed by atoms with van der Waals surface area (Å²) < 4.78 is 0. The Morgan fingerprint density at radius 3 is 2.38 bits per heavy atom. The molecule has 0 aliphatic carbocycles. The van der Waals surface area contributed by atoms with Crippen LogP contribution in [0.5, 0.6) is 0 Å². The van der Waals surface area contributed by atoms with Gasteiger partial charge in [0.1, 0.15) is 11.0 Å². The SMILES string of the molecule is O=C(ON1C(=O)c2ccccc2C1=O)c1ccc2nnn(O)c2c1. The third kappa shape index (κ3) is 1.92. The van der Waals surface area contributed by atoms with Gasteiger partial charge >= 0.3 is 5.97 Å². The van der Waals surface area contributed by atoms with E-state index < -0.39 is 17.8 Å². The van der Waals surface area contributed by atoms with Crippen molar-refractivity contribution >= 4 is 28.8 Å². The van der Waals surface area contributed by atoms with Gasteiger partial charge in [-0.05, 0) is 35.5 Å². The highest BCUT2D eigenvalue weighted by molar-refractivity contribution is 6.21. The van der Waals surface area contributed by atoms with Crippen LogP contribution in [-0.2, 0) is 4.84 Å². The van der Waals surface area contributed by atoms with Gasteiger partial charge in [-0.2, -0.15) is 0 Å². The van der Waals surface area contributed by atoms with Crippen molar-refractivity contribution in [2.75, 3.05) is 0 Å². The molecule has 2 amide bonds. The highest BCUT2D eigenvalue weighted by atomic mass is 16.7. The van der Waals surface area contributed by atoms with Gasteiger partial charge in [-0.25, -0.2) is 4.79 Å². The molecule has 2 aromatic carbocycles. The van der Waals surface area contributed by atoms with E-state index in [1.807, 2.05) is 0 Å². The summed E-state index contributed by atoms with van der Waals surface area (Å²) in [6, 6.07) is 10.3. The number of amides is 2. The Balaban J connectivity index is 1.63. The van der Waals surface area contributed by atoms with E-state index in [0.29, 0.717) is 15.4 Å². The van der Waals surface area contributed by atoms with Crippen molar-refractivity contribution in [1.29, 1.82) is 0 Å². The van der Waals surface area contributed by atoms with Crippen LogP contribution in [-0.4, -0.2) is 43.2 Å². The highest BCUT2D eigenvalue weighted by Crippen LogP contribution is 2.23. The number of hydrogen-bond acceptors (Lipinski definition) is 7. The standard InChI is InChI=1S/C15H8N4O5/c20-13-9-3-1-2-4-10(9)14(21)18(13)24-15(22)8-5-6-11-12(7-8)19(23)17-16-11/h1-7,23H. The zero-order chi connectivity index (χ0) is 16.8. The van der Waals surface area contributed by atoms with Crippen molar-refractivity contribution in [1.82, 2.24) is 20.2 Å². The maximum Gasteiger partial charge on any atom is 0.364 e. The van der Waals surface area contributed by atoms with Crippen molar-refractivity contribution in [3.63, 3.8) is 0 Å². The summed E-state index contributed by atoms with van der Waals surface area (Å²) in [6.07, 6.45) is 0. The van der Waals surface area contributed by atoms with Crippen LogP contribution in [0.4, 0.5) is 0 Å². The zero-order valence-corrected chi connectivity index (χ0v) is 11.9. The number of hydroxylamine groups is 2. The number of carbonyl (C=O) groups is 3. The average Bonchev–Trinajstić information content (AvgIpc) is 3.08. The van der Waals surface area contributed by atoms with Gasteiger partial charge in [0.05, 0.1) is 16.7 Å². The molecule has 1 aliphatic heterocycles. The van der Waals surface area contributed by atoms with Crippen LogP contribution in [0, 0.1) is 0 Å². The summed E-state index contributed by atoms with van der Waals surface area (Å²) >= 11 is 0. The first-order valence-electron chi connectivity index (χ1n) is 6.81. The molecular formula is C15H8N4O5. The number of aromatic nitrogens is 3. The van der Waals surface area contributed by atoms with Crippen LogP contribution in [0.2, 0.25) is 0 Å². The number of hydrogen-bond donors (Lipinski definition) is 1. The van der Waals surface area contributed by atoms with E-state index in [0.717, 1.165) is 0 Å². The van der Waals surface area contributed by atoms with Crippen molar-refractivity contribution in [3.8, 4) is 0 Å². The lowest BCUT2D eigenvalue weighted by atomic mass is 10.1. The van der Waals surface area contributed by atoms with Gasteiger partial charge in [0.25, 0.3) is 11.8 Å². The predicted octanol–water partition coefficient (Wildman–Crippen LogP) is 1.04. The molecule has 3 aromatic rings. The third-order valence-corrected chi connectivity index (χ3v) is 3.59. The molecule has 9 nitrogen and oxygen atoms in total. The second-order valence-corrected chi connectivity index (χ2v) is 5.01. The van der Waals surface area contributed by atoms with E-state index in [1.54, 1.807) is 12.1 Å². The average molecular weight is 324 g/mol. The van der Waals surface area contributed by atoms with Gasteiger partial charge in [-0.1, -0.05) is 22.0 Å². The normalized spacial score (nSPS) is 13.4. The topological polar surface area (TPSA) is 115 Å². The summed E-state index contributed by atoms with van der Waals surface area (Å²) in [5, 5.41) is 17.0. The zero-order valence-electron chi connectivity index (χ0n) is 11.9. The maximum absolute atomic E-state index is 12.2. The van der Waals surface area contributed by atoms with E-state index in [1.165, 1.54) is 30.3 Å². The molecule has 0 atom stereocenters. The molecule has 0 bridgehead atoms. The fourth-order valence-electron chi connectivity index (χ4n) is 2.42. The second-order valence-electron chi connectivity index (χ2n) is 5.01. The number of rotatable bonds is 2. The van der Waals surface area contributed by atoms with Gasteiger partial charge in [0, 0.05) is 0 Å². The fraction of sp³-hybridized carbons (Fsp3) is 0. The quantitative estimate of drug-likeness (QED) is 0.553. The molecule has 9 heteroatoms. The Morgan fingerprint density at radius 1 is 1.04 bits per heavy atom. The third-order valence-electron chi connectivity index (χ3n) is 3.59. The smallest absolute Gasteiger partial charge is 0.364 e. The first kappa shape index (κ1) is 13.9. The Kier molecular flexibility index (Phi) is 2.82. The molecule has 0 radical (unpaired) electrons. The molecule has 1 N–H and O–H groups in total. The predicted molar refractivity (Wildman–Crippen MR) is 77.1 cm³/mol. The molecule has 4 rings (SSSR count). The number of benzene rings is 2. The summed E-state index contributed by atoms with van der Waals surface area (Å²) in [4.78, 5) is 42.0. The molecule has 0 spiro atoms. The van der Waals surface area contributed by atoms with Crippen molar-refractivity contribution in [2.45, 2.75) is 0 Å². The molecule has 0 saturated carbocycles. The van der Waals surface area contributed by atoms with Crippen LogP contribution in [0.15, 0.2) is 42.5 Å². The van der Waals surface area contributed by atoms with Gasteiger partial charge in [-0.3, -0.25) is 9.59 Å². The Bertz CT molecular complexity index is 991. The maximum atomic E-state index is 12.2. The van der Waals surface area contributed by atoms with Crippen LogP contribution in [0.25, 0.3) is 11.0 Å². The Morgan fingerprint density at radius 2 is 1.71 bits per heavy atom. The molecule has 1 aliphatic rings. The van der Waals surface area contributed by atoms with Gasteiger partial charge < -0.3 is 10.0 Å². The molecule has 0 saturated heterocycles. The molecular weight excluding hydrogens is 316 g/mol. The van der Waals surface area contributed by atoms with Crippen LogP contribution in [0.3, 0.4) is 0 Å². The number of nitrogens with zero attached hydrogens (tertiary/aromatic N) is 4.